The first-order valence-electron chi connectivity index (χ1n) is 7.22. The number of aliphatic carboxylic acids is 1. The summed E-state index contributed by atoms with van der Waals surface area (Å²) in [4.78, 5) is 13.0. The van der Waals surface area contributed by atoms with Gasteiger partial charge in [-0.25, -0.2) is 0 Å². The molecule has 2 rings (SSSR count). The molecular formula is C15H21N3O4. The largest absolute Gasteiger partial charge is 0.481 e. The van der Waals surface area contributed by atoms with Crippen LogP contribution in [0.5, 0.6) is 0 Å². The molecule has 2 unspecified atom stereocenters. The van der Waals surface area contributed by atoms with E-state index >= 15 is 0 Å². The molecule has 1 aliphatic rings. The summed E-state index contributed by atoms with van der Waals surface area (Å²) in [6.07, 6.45) is 0.816. The molecule has 1 aliphatic heterocycles. The third kappa shape index (κ3) is 3.96. The first-order valence-corrected chi connectivity index (χ1v) is 7.22. The Kier molecular flexibility index (Phi) is 5.35. The standard InChI is InChI=1S/C15H21N3O4/c16-14(17-22)11-5-3-10(4-6-11)13(19)9-18-7-1-2-12(8-18)15(20)21/h3-6,12-13,19,22H,1-2,7-9H2,(H2,16,17)(H,20,21). The number of hydrogen-bond donors (Lipinski definition) is 4. The number of aliphatic hydroxyl groups is 1. The fraction of sp³-hybridized carbons (Fsp3) is 0.467. The van der Waals surface area contributed by atoms with E-state index in [1.807, 2.05) is 4.90 Å². The second kappa shape index (κ2) is 7.24. The minimum atomic E-state index is -0.776. The number of benzene rings is 1. The van der Waals surface area contributed by atoms with Gasteiger partial charge in [-0.2, -0.15) is 0 Å². The van der Waals surface area contributed by atoms with Crippen molar-refractivity contribution in [1.82, 2.24) is 4.90 Å². The average Bonchev–Trinajstić information content (AvgIpc) is 2.54. The molecule has 1 fully saturated rings. The molecule has 120 valence electrons. The molecule has 0 radical (unpaired) electrons. The number of likely N-dealkylation sites (tertiary alicyclic amines) is 1. The average molecular weight is 307 g/mol. The van der Waals surface area contributed by atoms with Crippen molar-refractivity contribution >= 4 is 11.8 Å². The van der Waals surface area contributed by atoms with Crippen molar-refractivity contribution in [3.8, 4) is 0 Å². The first kappa shape index (κ1) is 16.3. The van der Waals surface area contributed by atoms with E-state index < -0.39 is 12.1 Å². The van der Waals surface area contributed by atoms with Crippen LogP contribution < -0.4 is 5.73 Å². The van der Waals surface area contributed by atoms with E-state index in [1.165, 1.54) is 0 Å². The molecule has 1 aromatic carbocycles. The molecule has 0 saturated carbocycles. The van der Waals surface area contributed by atoms with Gasteiger partial charge in [0, 0.05) is 18.7 Å². The van der Waals surface area contributed by atoms with Gasteiger partial charge in [0.1, 0.15) is 0 Å². The molecule has 5 N–H and O–H groups in total. The highest BCUT2D eigenvalue weighted by molar-refractivity contribution is 5.96. The zero-order valence-electron chi connectivity index (χ0n) is 12.2. The molecule has 0 bridgehead atoms. The molecule has 0 amide bonds. The third-order valence-electron chi connectivity index (χ3n) is 3.98. The minimum absolute atomic E-state index is 0.0152. The molecule has 0 aromatic heterocycles. The number of carboxylic acid groups (broad SMARTS) is 1. The molecule has 7 heteroatoms. The van der Waals surface area contributed by atoms with Crippen molar-refractivity contribution in [2.45, 2.75) is 18.9 Å². The van der Waals surface area contributed by atoms with Crippen LogP contribution >= 0.6 is 0 Å². The van der Waals surface area contributed by atoms with Crippen LogP contribution in [0.25, 0.3) is 0 Å². The van der Waals surface area contributed by atoms with Crippen molar-refractivity contribution in [1.29, 1.82) is 0 Å². The molecule has 7 nitrogen and oxygen atoms in total. The van der Waals surface area contributed by atoms with Gasteiger partial charge in [0.15, 0.2) is 5.84 Å². The topological polar surface area (TPSA) is 119 Å². The number of nitrogens with zero attached hydrogens (tertiary/aromatic N) is 2. The van der Waals surface area contributed by atoms with Crippen molar-refractivity contribution in [2.75, 3.05) is 19.6 Å². The van der Waals surface area contributed by atoms with Gasteiger partial charge in [0.25, 0.3) is 0 Å². The number of β-amino-alcohol motifs (C(OH)–C–C–N with tert-alkyl or cyclic N) is 1. The van der Waals surface area contributed by atoms with Crippen LogP contribution in [0.4, 0.5) is 0 Å². The lowest BCUT2D eigenvalue weighted by Gasteiger charge is -2.32. The maximum atomic E-state index is 11.1. The van der Waals surface area contributed by atoms with Crippen LogP contribution in [0.3, 0.4) is 0 Å². The third-order valence-corrected chi connectivity index (χ3v) is 3.98. The zero-order chi connectivity index (χ0) is 16.1. The van der Waals surface area contributed by atoms with Gasteiger partial charge in [-0.15, -0.1) is 0 Å². The smallest absolute Gasteiger partial charge is 0.307 e. The molecule has 0 aliphatic carbocycles. The number of hydrogen-bond acceptors (Lipinski definition) is 5. The predicted molar refractivity (Wildman–Crippen MR) is 80.7 cm³/mol. The molecule has 1 aromatic rings. The number of piperidine rings is 1. The van der Waals surface area contributed by atoms with E-state index in [0.29, 0.717) is 30.6 Å². The quantitative estimate of drug-likeness (QED) is 0.274. The van der Waals surface area contributed by atoms with Gasteiger partial charge in [-0.05, 0) is 24.9 Å². The summed E-state index contributed by atoms with van der Waals surface area (Å²) in [5, 5.41) is 30.9. The Bertz CT molecular complexity index is 544. The predicted octanol–water partition coefficient (Wildman–Crippen LogP) is 0.611. The highest BCUT2D eigenvalue weighted by Gasteiger charge is 2.26. The Morgan fingerprint density at radius 3 is 2.68 bits per heavy atom. The molecule has 1 saturated heterocycles. The molecule has 2 atom stereocenters. The summed E-state index contributed by atoms with van der Waals surface area (Å²) in [6.45, 7) is 1.66. The Labute approximate surface area is 128 Å². The number of aliphatic hydroxyl groups excluding tert-OH is 1. The normalized spacial score (nSPS) is 21.5. The highest BCUT2D eigenvalue weighted by Crippen LogP contribution is 2.21. The monoisotopic (exact) mass is 307 g/mol. The van der Waals surface area contributed by atoms with Gasteiger partial charge in [0.05, 0.1) is 12.0 Å². The Morgan fingerprint density at radius 1 is 1.41 bits per heavy atom. The Hall–Kier alpha value is -2.12. The van der Waals surface area contributed by atoms with E-state index in [2.05, 4.69) is 5.16 Å². The van der Waals surface area contributed by atoms with Gasteiger partial charge >= 0.3 is 5.97 Å². The van der Waals surface area contributed by atoms with Crippen molar-refractivity contribution in [2.24, 2.45) is 16.8 Å². The summed E-state index contributed by atoms with van der Waals surface area (Å²) in [6, 6.07) is 6.78. The Morgan fingerprint density at radius 2 is 2.09 bits per heavy atom. The number of oxime groups is 1. The van der Waals surface area contributed by atoms with Gasteiger partial charge in [0.2, 0.25) is 0 Å². The van der Waals surface area contributed by atoms with Crippen LogP contribution in [0.2, 0.25) is 0 Å². The Balaban J connectivity index is 1.97. The lowest BCUT2D eigenvalue weighted by molar-refractivity contribution is -0.143. The summed E-state index contributed by atoms with van der Waals surface area (Å²) in [5.74, 6) is -1.12. The van der Waals surface area contributed by atoms with E-state index in [4.69, 9.17) is 16.0 Å². The van der Waals surface area contributed by atoms with Crippen LogP contribution in [0.15, 0.2) is 29.4 Å². The van der Waals surface area contributed by atoms with Gasteiger partial charge in [-0.3, -0.25) is 9.69 Å². The van der Waals surface area contributed by atoms with E-state index in [0.717, 1.165) is 13.0 Å². The van der Waals surface area contributed by atoms with Crippen molar-refractivity contribution in [3.63, 3.8) is 0 Å². The SMILES string of the molecule is N/C(=N/O)c1ccc(C(O)CN2CCCC(C(=O)O)C2)cc1. The number of carboxylic acids is 1. The van der Waals surface area contributed by atoms with Gasteiger partial charge in [-0.1, -0.05) is 29.4 Å². The zero-order valence-corrected chi connectivity index (χ0v) is 12.2. The van der Waals surface area contributed by atoms with E-state index in [1.54, 1.807) is 24.3 Å². The van der Waals surface area contributed by atoms with Crippen LogP contribution in [0, 0.1) is 5.92 Å². The number of carbonyl (C=O) groups is 1. The maximum Gasteiger partial charge on any atom is 0.307 e. The lowest BCUT2D eigenvalue weighted by atomic mass is 9.97. The lowest BCUT2D eigenvalue weighted by Crippen LogP contribution is -2.40. The summed E-state index contributed by atoms with van der Waals surface area (Å²) < 4.78 is 0. The van der Waals surface area contributed by atoms with Gasteiger partial charge < -0.3 is 21.2 Å². The number of nitrogens with two attached hydrogens (primary N) is 1. The van der Waals surface area contributed by atoms with Crippen LogP contribution in [-0.4, -0.2) is 51.8 Å². The molecular weight excluding hydrogens is 286 g/mol. The van der Waals surface area contributed by atoms with E-state index in [-0.39, 0.29) is 11.8 Å². The van der Waals surface area contributed by atoms with Crippen molar-refractivity contribution < 1.29 is 20.2 Å². The second-order valence-corrected chi connectivity index (χ2v) is 5.56. The molecule has 1 heterocycles. The number of rotatable bonds is 5. The summed E-state index contributed by atoms with van der Waals surface area (Å²) in [5.41, 5.74) is 6.77. The first-order chi connectivity index (χ1) is 10.5. The summed E-state index contributed by atoms with van der Waals surface area (Å²) in [7, 11) is 0. The summed E-state index contributed by atoms with van der Waals surface area (Å²) >= 11 is 0. The molecule has 22 heavy (non-hydrogen) atoms. The van der Waals surface area contributed by atoms with Crippen LogP contribution in [-0.2, 0) is 4.79 Å². The fourth-order valence-corrected chi connectivity index (χ4v) is 2.71. The van der Waals surface area contributed by atoms with Crippen LogP contribution in [0.1, 0.15) is 30.1 Å². The maximum absolute atomic E-state index is 11.1. The second-order valence-electron chi connectivity index (χ2n) is 5.56. The fourth-order valence-electron chi connectivity index (χ4n) is 2.71. The highest BCUT2D eigenvalue weighted by atomic mass is 16.4. The molecule has 0 spiro atoms. The van der Waals surface area contributed by atoms with E-state index in [9.17, 15) is 9.90 Å². The number of amidine groups is 1. The van der Waals surface area contributed by atoms with Crippen molar-refractivity contribution in [3.05, 3.63) is 35.4 Å². The minimum Gasteiger partial charge on any atom is -0.481 e.